The van der Waals surface area contributed by atoms with Crippen LogP contribution in [0.5, 0.6) is 5.75 Å². The van der Waals surface area contributed by atoms with Gasteiger partial charge in [0, 0.05) is 0 Å². The molecule has 0 radical (unpaired) electrons. The Labute approximate surface area is 120 Å². The van der Waals surface area contributed by atoms with Gasteiger partial charge < -0.3 is 9.47 Å². The summed E-state index contributed by atoms with van der Waals surface area (Å²) in [6.07, 6.45) is 6.78. The Kier molecular flexibility index (Phi) is 5.64. The van der Waals surface area contributed by atoms with E-state index >= 15 is 0 Å². The van der Waals surface area contributed by atoms with Crippen molar-refractivity contribution < 1.29 is 9.47 Å². The molecule has 1 aromatic carbocycles. The van der Waals surface area contributed by atoms with E-state index < -0.39 is 0 Å². The zero-order chi connectivity index (χ0) is 14.2. The normalized spacial score (nSPS) is 21.4. The summed E-state index contributed by atoms with van der Waals surface area (Å²) in [7, 11) is 0. The van der Waals surface area contributed by atoms with Crippen molar-refractivity contribution in [3.63, 3.8) is 0 Å². The van der Waals surface area contributed by atoms with E-state index in [1.165, 1.54) is 0 Å². The predicted molar refractivity (Wildman–Crippen MR) is 78.5 cm³/mol. The van der Waals surface area contributed by atoms with Crippen LogP contribution in [0, 0.1) is 23.2 Å². The summed E-state index contributed by atoms with van der Waals surface area (Å²) in [5.74, 6) is 2.05. The van der Waals surface area contributed by atoms with Gasteiger partial charge in [-0.3, -0.25) is 0 Å². The molecule has 0 bridgehead atoms. The maximum Gasteiger partial charge on any atom is 0.120 e. The molecule has 0 aromatic heterocycles. The molecule has 106 valence electrons. The van der Waals surface area contributed by atoms with Crippen LogP contribution < -0.4 is 4.74 Å². The van der Waals surface area contributed by atoms with Gasteiger partial charge in [-0.25, -0.2) is 0 Å². The molecular formula is C17H21NO2. The molecule has 0 amide bonds. The average Bonchev–Trinajstić information content (AvgIpc) is 2.49. The zero-order valence-corrected chi connectivity index (χ0v) is 11.9. The van der Waals surface area contributed by atoms with Gasteiger partial charge in [0.15, 0.2) is 0 Å². The molecule has 0 spiro atoms. The Bertz CT molecular complexity index is 490. The lowest BCUT2D eigenvalue weighted by atomic mass is 9.85. The molecule has 0 N–H and O–H groups in total. The van der Waals surface area contributed by atoms with E-state index in [0.29, 0.717) is 30.6 Å². The molecule has 0 aliphatic heterocycles. The lowest BCUT2D eigenvalue weighted by Crippen LogP contribution is -2.21. The Morgan fingerprint density at radius 3 is 2.90 bits per heavy atom. The molecule has 1 aromatic rings. The smallest absolute Gasteiger partial charge is 0.120 e. The van der Waals surface area contributed by atoms with Gasteiger partial charge in [0.05, 0.1) is 24.8 Å². The van der Waals surface area contributed by atoms with Crippen LogP contribution in [0.4, 0.5) is 0 Å². The molecule has 2 unspecified atom stereocenters. The van der Waals surface area contributed by atoms with E-state index in [0.717, 1.165) is 25.2 Å². The summed E-state index contributed by atoms with van der Waals surface area (Å²) >= 11 is 0. The fourth-order valence-corrected chi connectivity index (χ4v) is 2.35. The largest absolute Gasteiger partial charge is 0.491 e. The third-order valence-electron chi connectivity index (χ3n) is 3.71. The minimum atomic E-state index is 0.520. The van der Waals surface area contributed by atoms with Crippen LogP contribution in [0.1, 0.15) is 25.3 Å². The molecule has 1 aliphatic rings. The molecule has 1 aliphatic carbocycles. The van der Waals surface area contributed by atoms with Crippen molar-refractivity contribution >= 4 is 0 Å². The van der Waals surface area contributed by atoms with Crippen LogP contribution in [0.2, 0.25) is 0 Å². The first-order valence-electron chi connectivity index (χ1n) is 7.15. The number of ether oxygens (including phenoxy) is 2. The summed E-state index contributed by atoms with van der Waals surface area (Å²) in [6.45, 7) is 4.18. The summed E-state index contributed by atoms with van der Waals surface area (Å²) in [6, 6.07) is 9.29. The first-order chi connectivity index (χ1) is 9.79. The van der Waals surface area contributed by atoms with E-state index in [2.05, 4.69) is 25.1 Å². The van der Waals surface area contributed by atoms with Crippen LogP contribution in [0.25, 0.3) is 0 Å². The minimum absolute atomic E-state index is 0.520. The Morgan fingerprint density at radius 1 is 1.25 bits per heavy atom. The summed E-state index contributed by atoms with van der Waals surface area (Å²) < 4.78 is 11.3. The number of rotatable bonds is 6. The predicted octanol–water partition coefficient (Wildman–Crippen LogP) is 3.56. The molecule has 0 heterocycles. The fourth-order valence-electron chi connectivity index (χ4n) is 2.35. The molecule has 3 heteroatoms. The van der Waals surface area contributed by atoms with Crippen molar-refractivity contribution in [1.82, 2.24) is 0 Å². The van der Waals surface area contributed by atoms with Gasteiger partial charge in [-0.1, -0.05) is 25.1 Å². The molecule has 20 heavy (non-hydrogen) atoms. The fraction of sp³-hybridized carbons (Fsp3) is 0.471. The molecule has 2 rings (SSSR count). The second-order valence-corrected chi connectivity index (χ2v) is 5.24. The van der Waals surface area contributed by atoms with Crippen molar-refractivity contribution in [2.24, 2.45) is 11.8 Å². The van der Waals surface area contributed by atoms with Crippen molar-refractivity contribution in [2.45, 2.75) is 19.8 Å². The summed E-state index contributed by atoms with van der Waals surface area (Å²) in [5, 5.41) is 8.80. The molecule has 2 atom stereocenters. The zero-order valence-electron chi connectivity index (χ0n) is 11.9. The highest BCUT2D eigenvalue weighted by atomic mass is 16.5. The molecule has 0 saturated heterocycles. The minimum Gasteiger partial charge on any atom is -0.491 e. The van der Waals surface area contributed by atoms with Gasteiger partial charge >= 0.3 is 0 Å². The van der Waals surface area contributed by atoms with E-state index in [4.69, 9.17) is 14.7 Å². The highest BCUT2D eigenvalue weighted by Gasteiger charge is 2.17. The van der Waals surface area contributed by atoms with Gasteiger partial charge in [-0.05, 0) is 42.9 Å². The maximum absolute atomic E-state index is 8.80. The highest BCUT2D eigenvalue weighted by Crippen LogP contribution is 2.24. The third kappa shape index (κ3) is 4.40. The van der Waals surface area contributed by atoms with Crippen molar-refractivity contribution in [3.05, 3.63) is 42.0 Å². The number of allylic oxidation sites excluding steroid dienone is 2. The van der Waals surface area contributed by atoms with E-state index in [9.17, 15) is 0 Å². The summed E-state index contributed by atoms with van der Waals surface area (Å²) in [4.78, 5) is 0. The van der Waals surface area contributed by atoms with Gasteiger partial charge in [0.1, 0.15) is 12.4 Å². The lowest BCUT2D eigenvalue weighted by Gasteiger charge is -2.24. The van der Waals surface area contributed by atoms with Gasteiger partial charge in [0.2, 0.25) is 0 Å². The van der Waals surface area contributed by atoms with Crippen molar-refractivity contribution in [1.29, 1.82) is 5.26 Å². The Hall–Kier alpha value is -1.79. The Balaban J connectivity index is 1.64. The standard InChI is InChI=1S/C17H21NO2/c1-14-5-2-3-7-16(14)13-19-9-10-20-17-8-4-6-15(11-17)12-18/h2-4,6,8,11,14,16H,5,7,9-10,13H2,1H3. The monoisotopic (exact) mass is 271 g/mol. The molecule has 0 fully saturated rings. The van der Waals surface area contributed by atoms with Crippen LogP contribution in [-0.2, 0) is 4.74 Å². The van der Waals surface area contributed by atoms with Crippen molar-refractivity contribution in [3.8, 4) is 11.8 Å². The van der Waals surface area contributed by atoms with Gasteiger partial charge in [0.25, 0.3) is 0 Å². The number of benzene rings is 1. The number of hydrogen-bond donors (Lipinski definition) is 0. The van der Waals surface area contributed by atoms with E-state index in [1.807, 2.05) is 12.1 Å². The van der Waals surface area contributed by atoms with Crippen LogP contribution in [0.15, 0.2) is 36.4 Å². The van der Waals surface area contributed by atoms with E-state index in [1.54, 1.807) is 12.1 Å². The lowest BCUT2D eigenvalue weighted by molar-refractivity contribution is 0.0586. The number of nitrogens with zero attached hydrogens (tertiary/aromatic N) is 1. The van der Waals surface area contributed by atoms with E-state index in [-0.39, 0.29) is 0 Å². The van der Waals surface area contributed by atoms with Crippen LogP contribution in [0.3, 0.4) is 0 Å². The molecule has 3 nitrogen and oxygen atoms in total. The maximum atomic E-state index is 8.80. The average molecular weight is 271 g/mol. The first kappa shape index (κ1) is 14.6. The van der Waals surface area contributed by atoms with Crippen LogP contribution in [-0.4, -0.2) is 19.8 Å². The van der Waals surface area contributed by atoms with Gasteiger partial charge in [-0.15, -0.1) is 0 Å². The Morgan fingerprint density at radius 2 is 2.10 bits per heavy atom. The second-order valence-electron chi connectivity index (χ2n) is 5.24. The molecule has 0 saturated carbocycles. The molecular weight excluding hydrogens is 250 g/mol. The van der Waals surface area contributed by atoms with Crippen LogP contribution >= 0.6 is 0 Å². The summed E-state index contributed by atoms with van der Waals surface area (Å²) in [5.41, 5.74) is 0.617. The SMILES string of the molecule is CC1CC=CCC1COCCOc1cccc(C#N)c1. The number of nitriles is 1. The second kappa shape index (κ2) is 7.72. The topological polar surface area (TPSA) is 42.2 Å². The highest BCUT2D eigenvalue weighted by molar-refractivity contribution is 5.36. The quantitative estimate of drug-likeness (QED) is 0.587. The van der Waals surface area contributed by atoms with Gasteiger partial charge in [-0.2, -0.15) is 5.26 Å². The van der Waals surface area contributed by atoms with Crippen molar-refractivity contribution in [2.75, 3.05) is 19.8 Å². The first-order valence-corrected chi connectivity index (χ1v) is 7.15. The number of hydrogen-bond acceptors (Lipinski definition) is 3. The third-order valence-corrected chi connectivity index (χ3v) is 3.71.